The van der Waals surface area contributed by atoms with Crippen LogP contribution in [0.5, 0.6) is 0 Å². The molecular weight excluding hydrogens is 144 g/mol. The van der Waals surface area contributed by atoms with Crippen molar-refractivity contribution >= 4 is 0 Å². The van der Waals surface area contributed by atoms with Crippen molar-refractivity contribution in [1.29, 1.82) is 0 Å². The van der Waals surface area contributed by atoms with Crippen molar-refractivity contribution in [3.05, 3.63) is 24.3 Å². The van der Waals surface area contributed by atoms with Crippen LogP contribution in [0.15, 0.2) is 24.3 Å². The molecule has 0 aliphatic heterocycles. The molecule has 0 aliphatic rings. The lowest BCUT2D eigenvalue weighted by Crippen LogP contribution is -1.87. The van der Waals surface area contributed by atoms with Crippen LogP contribution in [0.2, 0.25) is 0 Å². The fraction of sp³-hybridized carbons (Fsp3) is 0.667. The fourth-order valence-electron chi connectivity index (χ4n) is 1.16. The topological polar surface area (TPSA) is 0 Å². The minimum Gasteiger partial charge on any atom is -0.0996 e. The first kappa shape index (κ1) is 11.5. The molecule has 0 aliphatic carbocycles. The Labute approximate surface area is 77.4 Å². The van der Waals surface area contributed by atoms with Crippen LogP contribution in [0.1, 0.15) is 46.5 Å². The summed E-state index contributed by atoms with van der Waals surface area (Å²) in [7, 11) is 0. The highest BCUT2D eigenvalue weighted by Gasteiger charge is 1.93. The lowest BCUT2D eigenvalue weighted by Gasteiger charge is -2.02. The van der Waals surface area contributed by atoms with Crippen LogP contribution >= 0.6 is 0 Å². The average molecular weight is 166 g/mol. The minimum atomic E-state index is 0.736. The van der Waals surface area contributed by atoms with E-state index in [0.29, 0.717) is 0 Å². The number of hydrogen-bond donors (Lipinski definition) is 0. The molecule has 0 heteroatoms. The lowest BCUT2D eigenvalue weighted by atomic mass is 10.0. The maximum Gasteiger partial charge on any atom is -0.0142 e. The summed E-state index contributed by atoms with van der Waals surface area (Å²) in [6.07, 6.45) is 9.31. The summed E-state index contributed by atoms with van der Waals surface area (Å²) in [5.41, 5.74) is 1.33. The first-order valence-electron chi connectivity index (χ1n) is 5.04. The summed E-state index contributed by atoms with van der Waals surface area (Å²) in [4.78, 5) is 0. The summed E-state index contributed by atoms with van der Waals surface area (Å²) in [5, 5.41) is 0. The van der Waals surface area contributed by atoms with Crippen LogP contribution in [-0.4, -0.2) is 0 Å². The Balaban J connectivity index is 3.53. The van der Waals surface area contributed by atoms with E-state index in [1.165, 1.54) is 18.4 Å². The van der Waals surface area contributed by atoms with E-state index in [1.807, 2.05) is 0 Å². The van der Waals surface area contributed by atoms with E-state index in [9.17, 15) is 0 Å². The molecule has 0 radical (unpaired) electrons. The van der Waals surface area contributed by atoms with E-state index in [0.717, 1.165) is 18.8 Å². The zero-order valence-electron chi connectivity index (χ0n) is 8.77. The Kier molecular flexibility index (Phi) is 6.84. The highest BCUT2D eigenvalue weighted by atomic mass is 14.0. The van der Waals surface area contributed by atoms with Gasteiger partial charge in [-0.1, -0.05) is 51.5 Å². The number of hydrogen-bond acceptors (Lipinski definition) is 0. The van der Waals surface area contributed by atoms with Gasteiger partial charge in [-0.05, 0) is 25.2 Å². The van der Waals surface area contributed by atoms with Crippen LogP contribution in [-0.2, 0) is 0 Å². The van der Waals surface area contributed by atoms with E-state index in [4.69, 9.17) is 0 Å². The summed E-state index contributed by atoms with van der Waals surface area (Å²) in [6, 6.07) is 0. The van der Waals surface area contributed by atoms with Gasteiger partial charge >= 0.3 is 0 Å². The molecule has 0 spiro atoms. The van der Waals surface area contributed by atoms with Crippen molar-refractivity contribution in [2.75, 3.05) is 0 Å². The van der Waals surface area contributed by atoms with Gasteiger partial charge in [0, 0.05) is 0 Å². The molecule has 0 aromatic carbocycles. The molecule has 0 aromatic heterocycles. The van der Waals surface area contributed by atoms with Crippen molar-refractivity contribution in [1.82, 2.24) is 0 Å². The summed E-state index contributed by atoms with van der Waals surface area (Å²) >= 11 is 0. The Morgan fingerprint density at radius 1 is 1.42 bits per heavy atom. The third kappa shape index (κ3) is 6.21. The zero-order chi connectivity index (χ0) is 9.40. The van der Waals surface area contributed by atoms with Crippen molar-refractivity contribution < 1.29 is 0 Å². The zero-order valence-corrected chi connectivity index (χ0v) is 8.77. The summed E-state index contributed by atoms with van der Waals surface area (Å²) in [5.74, 6) is 0.736. The molecule has 0 N–H and O–H groups in total. The molecule has 0 saturated carbocycles. The van der Waals surface area contributed by atoms with Crippen molar-refractivity contribution in [3.8, 4) is 0 Å². The third-order valence-corrected chi connectivity index (χ3v) is 2.12. The Morgan fingerprint density at radius 3 is 2.58 bits per heavy atom. The summed E-state index contributed by atoms with van der Waals surface area (Å²) < 4.78 is 0. The van der Waals surface area contributed by atoms with Gasteiger partial charge in [-0.15, -0.1) is 0 Å². The lowest BCUT2D eigenvalue weighted by molar-refractivity contribution is 0.632. The number of rotatable bonds is 6. The van der Waals surface area contributed by atoms with Crippen LogP contribution in [0.3, 0.4) is 0 Å². The molecule has 0 rings (SSSR count). The molecule has 0 fully saturated rings. The molecule has 0 amide bonds. The van der Waals surface area contributed by atoms with E-state index < -0.39 is 0 Å². The third-order valence-electron chi connectivity index (χ3n) is 2.12. The van der Waals surface area contributed by atoms with Gasteiger partial charge in [0.15, 0.2) is 0 Å². The second-order valence-electron chi connectivity index (χ2n) is 3.50. The van der Waals surface area contributed by atoms with E-state index in [1.54, 1.807) is 0 Å². The van der Waals surface area contributed by atoms with Crippen molar-refractivity contribution in [2.45, 2.75) is 46.5 Å². The fourth-order valence-corrected chi connectivity index (χ4v) is 1.16. The normalized spacial score (nSPS) is 13.6. The molecule has 0 nitrogen and oxygen atoms in total. The Bertz CT molecular complexity index is 142. The monoisotopic (exact) mass is 166 g/mol. The Morgan fingerprint density at radius 2 is 2.08 bits per heavy atom. The van der Waals surface area contributed by atoms with E-state index in [-0.39, 0.29) is 0 Å². The van der Waals surface area contributed by atoms with Gasteiger partial charge in [0.25, 0.3) is 0 Å². The van der Waals surface area contributed by atoms with Gasteiger partial charge in [-0.2, -0.15) is 0 Å². The van der Waals surface area contributed by atoms with E-state index >= 15 is 0 Å². The largest absolute Gasteiger partial charge is 0.0996 e. The number of allylic oxidation sites excluding steroid dienone is 3. The second kappa shape index (κ2) is 7.15. The van der Waals surface area contributed by atoms with Gasteiger partial charge in [-0.3, -0.25) is 0 Å². The Hall–Kier alpha value is -0.520. The van der Waals surface area contributed by atoms with Gasteiger partial charge in [0.2, 0.25) is 0 Å². The quantitative estimate of drug-likeness (QED) is 0.515. The molecule has 1 unspecified atom stereocenters. The van der Waals surface area contributed by atoms with Crippen LogP contribution in [0.4, 0.5) is 0 Å². The molecule has 0 saturated heterocycles. The second-order valence-corrected chi connectivity index (χ2v) is 3.50. The highest BCUT2D eigenvalue weighted by molar-refractivity contribution is 5.02. The maximum absolute atomic E-state index is 3.96. The van der Waals surface area contributed by atoms with Crippen LogP contribution in [0, 0.1) is 5.92 Å². The standard InChI is InChI=1S/C12H22/c1-5-8-12(4)10-7-9-11(3)6-2/h7,10,12H,3,5-6,8-9H2,1-2,4H3. The summed E-state index contributed by atoms with van der Waals surface area (Å²) in [6.45, 7) is 10.6. The molecule has 0 bridgehead atoms. The predicted molar refractivity (Wildman–Crippen MR) is 57.3 cm³/mol. The predicted octanol–water partition coefficient (Wildman–Crippen LogP) is 4.34. The van der Waals surface area contributed by atoms with Gasteiger partial charge in [0.1, 0.15) is 0 Å². The highest BCUT2D eigenvalue weighted by Crippen LogP contribution is 2.09. The van der Waals surface area contributed by atoms with Gasteiger partial charge < -0.3 is 0 Å². The maximum atomic E-state index is 3.96. The molecule has 0 heterocycles. The van der Waals surface area contributed by atoms with E-state index in [2.05, 4.69) is 39.5 Å². The molecule has 70 valence electrons. The van der Waals surface area contributed by atoms with Gasteiger partial charge in [0.05, 0.1) is 0 Å². The smallest absolute Gasteiger partial charge is 0.0142 e. The first-order chi connectivity index (χ1) is 5.70. The van der Waals surface area contributed by atoms with Gasteiger partial charge in [-0.25, -0.2) is 0 Å². The molecule has 12 heavy (non-hydrogen) atoms. The van der Waals surface area contributed by atoms with Crippen molar-refractivity contribution in [3.63, 3.8) is 0 Å². The minimum absolute atomic E-state index is 0.736. The van der Waals surface area contributed by atoms with Crippen molar-refractivity contribution in [2.24, 2.45) is 5.92 Å². The molecular formula is C12H22. The molecule has 0 aromatic rings. The first-order valence-corrected chi connectivity index (χ1v) is 5.04. The van der Waals surface area contributed by atoms with Crippen LogP contribution < -0.4 is 0 Å². The molecule has 1 atom stereocenters. The average Bonchev–Trinajstić information content (AvgIpc) is 2.04. The SMILES string of the molecule is C=C(CC)CC=CC(C)CCC. The van der Waals surface area contributed by atoms with Crippen LogP contribution in [0.25, 0.3) is 0 Å².